The minimum atomic E-state index is -0.257. The van der Waals surface area contributed by atoms with Gasteiger partial charge in [0.15, 0.2) is 5.82 Å². The normalized spacial score (nSPS) is 14.6. The topological polar surface area (TPSA) is 104 Å². The number of benzene rings is 1. The van der Waals surface area contributed by atoms with Gasteiger partial charge in [-0.15, -0.1) is 5.10 Å². The number of rotatable bonds is 6. The third-order valence-electron chi connectivity index (χ3n) is 4.40. The van der Waals surface area contributed by atoms with E-state index in [2.05, 4.69) is 25.8 Å². The molecule has 1 amide bonds. The van der Waals surface area contributed by atoms with Gasteiger partial charge in [-0.25, -0.2) is 4.98 Å². The fourth-order valence-corrected chi connectivity index (χ4v) is 2.90. The molecule has 0 unspecified atom stereocenters. The van der Waals surface area contributed by atoms with Gasteiger partial charge in [-0.2, -0.15) is 4.68 Å². The van der Waals surface area contributed by atoms with Crippen LogP contribution >= 0.6 is 0 Å². The van der Waals surface area contributed by atoms with Crippen LogP contribution in [0.1, 0.15) is 29.0 Å². The number of carbonyl (C=O) groups is 1. The fourth-order valence-electron chi connectivity index (χ4n) is 2.90. The van der Waals surface area contributed by atoms with E-state index in [-0.39, 0.29) is 18.6 Å². The molecule has 0 radical (unpaired) electrons. The Kier molecular flexibility index (Phi) is 5.53. The predicted octanol–water partition coefficient (Wildman–Crippen LogP) is 1.55. The van der Waals surface area contributed by atoms with Crippen molar-refractivity contribution in [2.45, 2.75) is 25.5 Å². The first-order valence-electron chi connectivity index (χ1n) is 9.11. The maximum atomic E-state index is 12.4. The second-order valence-electron chi connectivity index (χ2n) is 6.34. The zero-order valence-electron chi connectivity index (χ0n) is 15.2. The number of nitrogens with one attached hydrogen (secondary N) is 1. The van der Waals surface area contributed by atoms with Gasteiger partial charge in [-0.3, -0.25) is 4.79 Å². The Morgan fingerprint density at radius 2 is 2.00 bits per heavy atom. The molecule has 9 nitrogen and oxygen atoms in total. The summed E-state index contributed by atoms with van der Waals surface area (Å²) >= 11 is 0. The lowest BCUT2D eigenvalue weighted by Gasteiger charge is -2.22. The van der Waals surface area contributed by atoms with Gasteiger partial charge in [-0.05, 0) is 28.6 Å². The van der Waals surface area contributed by atoms with E-state index in [0.29, 0.717) is 30.5 Å². The maximum absolute atomic E-state index is 12.4. The van der Waals surface area contributed by atoms with Crippen LogP contribution in [0.25, 0.3) is 5.69 Å². The highest BCUT2D eigenvalue weighted by molar-refractivity contribution is 5.93. The third-order valence-corrected chi connectivity index (χ3v) is 4.40. The molecular weight excluding hydrogens is 360 g/mol. The van der Waals surface area contributed by atoms with Gasteiger partial charge in [0.2, 0.25) is 5.88 Å². The predicted molar refractivity (Wildman–Crippen MR) is 99.0 cm³/mol. The smallest absolute Gasteiger partial charge is 0.253 e. The van der Waals surface area contributed by atoms with Gasteiger partial charge in [0.1, 0.15) is 6.10 Å². The van der Waals surface area contributed by atoms with Crippen LogP contribution in [-0.4, -0.2) is 50.4 Å². The number of carbonyl (C=O) groups excluding carboxylic acids is 1. The minimum Gasteiger partial charge on any atom is -0.474 e. The number of nitrogens with zero attached hydrogens (tertiary/aromatic N) is 5. The van der Waals surface area contributed by atoms with Crippen molar-refractivity contribution in [2.75, 3.05) is 13.2 Å². The third kappa shape index (κ3) is 4.32. The van der Waals surface area contributed by atoms with E-state index < -0.39 is 0 Å². The molecule has 0 bridgehead atoms. The summed E-state index contributed by atoms with van der Waals surface area (Å²) < 4.78 is 12.7. The number of amides is 1. The molecule has 0 spiro atoms. The van der Waals surface area contributed by atoms with E-state index in [9.17, 15) is 4.79 Å². The highest BCUT2D eigenvalue weighted by atomic mass is 16.5. The van der Waals surface area contributed by atoms with Crippen molar-refractivity contribution < 1.29 is 14.3 Å². The first kappa shape index (κ1) is 18.1. The average molecular weight is 380 g/mol. The molecule has 1 N–H and O–H groups in total. The molecule has 1 aliphatic heterocycles. The number of para-hydroxylation sites is 1. The lowest BCUT2D eigenvalue weighted by Crippen LogP contribution is -2.26. The van der Waals surface area contributed by atoms with Gasteiger partial charge < -0.3 is 14.8 Å². The van der Waals surface area contributed by atoms with Gasteiger partial charge in [0, 0.05) is 25.1 Å². The molecule has 9 heteroatoms. The fraction of sp³-hybridized carbons (Fsp3) is 0.316. The molecular formula is C19H20N6O3. The van der Waals surface area contributed by atoms with Crippen molar-refractivity contribution in [3.8, 4) is 11.6 Å². The van der Waals surface area contributed by atoms with Crippen LogP contribution in [-0.2, 0) is 11.3 Å². The number of hydrogen-bond acceptors (Lipinski definition) is 7. The van der Waals surface area contributed by atoms with Crippen molar-refractivity contribution >= 4 is 5.91 Å². The van der Waals surface area contributed by atoms with Crippen molar-refractivity contribution in [1.29, 1.82) is 0 Å². The Balaban J connectivity index is 1.35. The minimum absolute atomic E-state index is 0.109. The number of hydrogen-bond donors (Lipinski definition) is 1. The second-order valence-corrected chi connectivity index (χ2v) is 6.34. The summed E-state index contributed by atoms with van der Waals surface area (Å²) in [7, 11) is 0. The number of pyridine rings is 1. The van der Waals surface area contributed by atoms with Crippen molar-refractivity contribution in [3.05, 3.63) is 60.0 Å². The highest BCUT2D eigenvalue weighted by Gasteiger charge is 2.16. The highest BCUT2D eigenvalue weighted by Crippen LogP contribution is 2.16. The van der Waals surface area contributed by atoms with E-state index in [1.807, 2.05) is 30.3 Å². The molecule has 0 saturated carbocycles. The quantitative estimate of drug-likeness (QED) is 0.692. The summed E-state index contributed by atoms with van der Waals surface area (Å²) in [5.74, 6) is 0.788. The summed E-state index contributed by atoms with van der Waals surface area (Å²) in [6.07, 6.45) is 3.31. The van der Waals surface area contributed by atoms with E-state index >= 15 is 0 Å². The zero-order valence-corrected chi connectivity index (χ0v) is 15.2. The molecule has 28 heavy (non-hydrogen) atoms. The molecule has 2 aromatic heterocycles. The summed E-state index contributed by atoms with van der Waals surface area (Å²) in [5, 5.41) is 14.5. The van der Waals surface area contributed by atoms with Gasteiger partial charge in [0.05, 0.1) is 31.0 Å². The first-order valence-corrected chi connectivity index (χ1v) is 9.11. The van der Waals surface area contributed by atoms with E-state index in [4.69, 9.17) is 9.47 Å². The average Bonchev–Trinajstić information content (AvgIpc) is 3.23. The van der Waals surface area contributed by atoms with Gasteiger partial charge in [-0.1, -0.05) is 18.2 Å². The molecule has 0 atom stereocenters. The van der Waals surface area contributed by atoms with E-state index in [1.54, 1.807) is 16.8 Å². The molecule has 3 aromatic rings. The Bertz CT molecular complexity index is 907. The first-order chi connectivity index (χ1) is 13.8. The lowest BCUT2D eigenvalue weighted by atomic mass is 10.1. The van der Waals surface area contributed by atoms with Crippen LogP contribution in [0.4, 0.5) is 0 Å². The van der Waals surface area contributed by atoms with Crippen LogP contribution in [0.2, 0.25) is 0 Å². The second kappa shape index (κ2) is 8.57. The number of ether oxygens (including phenoxy) is 2. The summed E-state index contributed by atoms with van der Waals surface area (Å²) in [6, 6.07) is 12.9. The maximum Gasteiger partial charge on any atom is 0.253 e. The van der Waals surface area contributed by atoms with Crippen molar-refractivity contribution in [2.24, 2.45) is 0 Å². The van der Waals surface area contributed by atoms with Crippen LogP contribution in [0.5, 0.6) is 5.88 Å². The zero-order chi connectivity index (χ0) is 19.2. The molecule has 3 heterocycles. The Labute approximate surface area is 161 Å². The van der Waals surface area contributed by atoms with Crippen LogP contribution in [0, 0.1) is 0 Å². The Morgan fingerprint density at radius 3 is 2.75 bits per heavy atom. The molecule has 1 aliphatic rings. The SMILES string of the molecule is O=C(NCc1nnnn1-c1ccccc1)c1ccc(OC2CCOCC2)nc1. The number of tetrazole rings is 1. The molecule has 1 aromatic carbocycles. The van der Waals surface area contributed by atoms with E-state index in [0.717, 1.165) is 18.5 Å². The van der Waals surface area contributed by atoms with Gasteiger partial charge in [0.25, 0.3) is 5.91 Å². The van der Waals surface area contributed by atoms with Crippen LogP contribution < -0.4 is 10.1 Å². The van der Waals surface area contributed by atoms with Crippen LogP contribution in [0.3, 0.4) is 0 Å². The van der Waals surface area contributed by atoms with Crippen LogP contribution in [0.15, 0.2) is 48.7 Å². The Morgan fingerprint density at radius 1 is 1.18 bits per heavy atom. The summed E-state index contributed by atoms with van der Waals surface area (Å²) in [6.45, 7) is 1.60. The monoisotopic (exact) mass is 380 g/mol. The molecule has 0 aliphatic carbocycles. The number of aromatic nitrogens is 5. The molecule has 4 rings (SSSR count). The molecule has 1 saturated heterocycles. The summed E-state index contributed by atoms with van der Waals surface area (Å²) in [5.41, 5.74) is 1.27. The molecule has 144 valence electrons. The van der Waals surface area contributed by atoms with Gasteiger partial charge >= 0.3 is 0 Å². The lowest BCUT2D eigenvalue weighted by molar-refractivity contribution is 0.0237. The van der Waals surface area contributed by atoms with Crippen molar-refractivity contribution in [1.82, 2.24) is 30.5 Å². The largest absolute Gasteiger partial charge is 0.474 e. The van der Waals surface area contributed by atoms with E-state index in [1.165, 1.54) is 6.20 Å². The standard InChI is InChI=1S/C19H20N6O3/c26-19(14-6-7-18(20-12-14)28-16-8-10-27-11-9-16)21-13-17-22-23-24-25(17)15-4-2-1-3-5-15/h1-7,12,16H,8-11,13H2,(H,21,26). The molecule has 1 fully saturated rings. The Hall–Kier alpha value is -3.33. The van der Waals surface area contributed by atoms with Crippen molar-refractivity contribution in [3.63, 3.8) is 0 Å². The summed E-state index contributed by atoms with van der Waals surface area (Å²) in [4.78, 5) is 16.6.